The summed E-state index contributed by atoms with van der Waals surface area (Å²) in [5.74, 6) is -1.40. The Morgan fingerprint density at radius 1 is 0.842 bits per heavy atom. The molecule has 0 bridgehead atoms. The fourth-order valence-corrected chi connectivity index (χ4v) is 5.37. The second kappa shape index (κ2) is 11.9. The quantitative estimate of drug-likeness (QED) is 0.560. The molecule has 0 atom stereocenters. The van der Waals surface area contributed by atoms with Gasteiger partial charge >= 0.3 is 5.97 Å². The van der Waals surface area contributed by atoms with Crippen LogP contribution in [0.25, 0.3) is 0 Å². The smallest absolute Gasteiger partial charge is 0.335 e. The number of carbonyl (C=O) groups is 3. The normalized spacial score (nSPS) is 18.9. The molecule has 0 unspecified atom stereocenters. The summed E-state index contributed by atoms with van der Waals surface area (Å²) in [6.07, 6.45) is 0.783. The van der Waals surface area contributed by atoms with Gasteiger partial charge in [0.25, 0.3) is 0 Å². The van der Waals surface area contributed by atoms with Gasteiger partial charge in [-0.05, 0) is 36.8 Å². The van der Waals surface area contributed by atoms with Gasteiger partial charge < -0.3 is 19.6 Å². The van der Waals surface area contributed by atoms with Crippen LogP contribution in [0, 0.1) is 0 Å². The number of piperazine rings is 1. The van der Waals surface area contributed by atoms with Crippen LogP contribution in [0.2, 0.25) is 0 Å². The highest BCUT2D eigenvalue weighted by atomic mass is 16.5. The SMILES string of the molecule is O=C(O)c1ccc2c(c1)N(C(=O)CN1CCN(c3ccccc3)CC1)CC(=O)N2CCCN1CCOCC1. The van der Waals surface area contributed by atoms with E-state index < -0.39 is 5.97 Å². The number of carboxylic acids is 1. The lowest BCUT2D eigenvalue weighted by Gasteiger charge is -2.39. The van der Waals surface area contributed by atoms with E-state index in [4.69, 9.17) is 4.74 Å². The van der Waals surface area contributed by atoms with Crippen molar-refractivity contribution in [3.63, 3.8) is 0 Å². The molecule has 0 radical (unpaired) electrons. The molecule has 2 amide bonds. The Hall–Kier alpha value is -3.47. The van der Waals surface area contributed by atoms with Crippen molar-refractivity contribution < 1.29 is 24.2 Å². The van der Waals surface area contributed by atoms with E-state index in [-0.39, 0.29) is 30.5 Å². The Morgan fingerprint density at radius 2 is 1.58 bits per heavy atom. The van der Waals surface area contributed by atoms with Crippen LogP contribution in [-0.2, 0) is 14.3 Å². The van der Waals surface area contributed by atoms with E-state index in [0.29, 0.717) is 17.9 Å². The lowest BCUT2D eigenvalue weighted by atomic mass is 10.1. The number of benzene rings is 2. The van der Waals surface area contributed by atoms with E-state index in [0.717, 1.165) is 65.4 Å². The third kappa shape index (κ3) is 5.98. The van der Waals surface area contributed by atoms with E-state index in [1.807, 2.05) is 18.2 Å². The van der Waals surface area contributed by atoms with Crippen LogP contribution < -0.4 is 14.7 Å². The predicted octanol–water partition coefficient (Wildman–Crippen LogP) is 1.61. The van der Waals surface area contributed by atoms with Gasteiger partial charge in [0.15, 0.2) is 0 Å². The van der Waals surface area contributed by atoms with Gasteiger partial charge in [-0.15, -0.1) is 0 Å². The zero-order chi connectivity index (χ0) is 26.5. The number of ether oxygens (including phenoxy) is 1. The highest BCUT2D eigenvalue weighted by Gasteiger charge is 2.34. The molecule has 1 N–H and O–H groups in total. The fraction of sp³-hybridized carbons (Fsp3) is 0.464. The average molecular weight is 522 g/mol. The molecule has 38 heavy (non-hydrogen) atoms. The van der Waals surface area contributed by atoms with Gasteiger partial charge in [-0.1, -0.05) is 18.2 Å². The van der Waals surface area contributed by atoms with Crippen LogP contribution in [0.1, 0.15) is 16.8 Å². The number of amides is 2. The van der Waals surface area contributed by atoms with Crippen molar-refractivity contribution in [3.05, 3.63) is 54.1 Å². The van der Waals surface area contributed by atoms with Gasteiger partial charge in [-0.3, -0.25) is 24.3 Å². The molecule has 0 saturated carbocycles. The minimum atomic E-state index is -1.06. The maximum absolute atomic E-state index is 13.5. The van der Waals surface area contributed by atoms with E-state index in [1.54, 1.807) is 11.0 Å². The molecule has 2 saturated heterocycles. The van der Waals surface area contributed by atoms with Gasteiger partial charge in [0.2, 0.25) is 11.8 Å². The molecule has 10 heteroatoms. The third-order valence-electron chi connectivity index (χ3n) is 7.51. The molecule has 5 rings (SSSR count). The maximum atomic E-state index is 13.5. The summed E-state index contributed by atoms with van der Waals surface area (Å²) in [6, 6.07) is 14.9. The second-order valence-electron chi connectivity index (χ2n) is 9.94. The zero-order valence-corrected chi connectivity index (χ0v) is 21.6. The van der Waals surface area contributed by atoms with Crippen LogP contribution in [-0.4, -0.2) is 111 Å². The topological polar surface area (TPSA) is 96.9 Å². The van der Waals surface area contributed by atoms with Crippen molar-refractivity contribution in [2.45, 2.75) is 6.42 Å². The summed E-state index contributed by atoms with van der Waals surface area (Å²) >= 11 is 0. The van der Waals surface area contributed by atoms with Gasteiger partial charge in [0.05, 0.1) is 36.7 Å². The number of aromatic carboxylic acids is 1. The number of hydrogen-bond donors (Lipinski definition) is 1. The van der Waals surface area contributed by atoms with Gasteiger partial charge in [0, 0.05) is 58.0 Å². The Labute approximate surface area is 223 Å². The van der Waals surface area contributed by atoms with Crippen LogP contribution in [0.15, 0.2) is 48.5 Å². The first kappa shape index (κ1) is 26.1. The van der Waals surface area contributed by atoms with E-state index in [9.17, 15) is 19.5 Å². The first-order valence-corrected chi connectivity index (χ1v) is 13.3. The predicted molar refractivity (Wildman–Crippen MR) is 145 cm³/mol. The summed E-state index contributed by atoms with van der Waals surface area (Å²) in [5, 5.41) is 9.58. The molecule has 3 aliphatic rings. The maximum Gasteiger partial charge on any atom is 0.335 e. The highest BCUT2D eigenvalue weighted by Crippen LogP contribution is 2.35. The molecule has 0 spiro atoms. The number of para-hydroxylation sites is 1. The number of hydrogen-bond acceptors (Lipinski definition) is 7. The molecule has 202 valence electrons. The Bertz CT molecular complexity index is 1150. The van der Waals surface area contributed by atoms with Crippen LogP contribution in [0.3, 0.4) is 0 Å². The molecule has 0 aromatic heterocycles. The van der Waals surface area contributed by atoms with Gasteiger partial charge in [-0.25, -0.2) is 4.79 Å². The van der Waals surface area contributed by atoms with Crippen molar-refractivity contribution in [2.75, 3.05) is 93.4 Å². The number of nitrogens with zero attached hydrogens (tertiary/aromatic N) is 5. The average Bonchev–Trinajstić information content (AvgIpc) is 2.95. The first-order chi connectivity index (χ1) is 18.5. The van der Waals surface area contributed by atoms with Crippen LogP contribution >= 0.6 is 0 Å². The van der Waals surface area contributed by atoms with Crippen LogP contribution in [0.5, 0.6) is 0 Å². The van der Waals surface area contributed by atoms with Crippen molar-refractivity contribution >= 4 is 34.8 Å². The third-order valence-corrected chi connectivity index (χ3v) is 7.51. The number of rotatable bonds is 8. The number of anilines is 3. The summed E-state index contributed by atoms with van der Waals surface area (Å²) in [7, 11) is 0. The monoisotopic (exact) mass is 521 g/mol. The largest absolute Gasteiger partial charge is 0.478 e. The molecular weight excluding hydrogens is 486 g/mol. The van der Waals surface area contributed by atoms with Crippen molar-refractivity contribution in [2.24, 2.45) is 0 Å². The highest BCUT2D eigenvalue weighted by molar-refractivity contribution is 6.12. The number of carbonyl (C=O) groups excluding carboxylic acids is 2. The summed E-state index contributed by atoms with van der Waals surface area (Å²) in [6.45, 7) is 7.77. The van der Waals surface area contributed by atoms with Crippen molar-refractivity contribution in [1.82, 2.24) is 9.80 Å². The lowest BCUT2D eigenvalue weighted by molar-refractivity contribution is -0.123. The van der Waals surface area contributed by atoms with E-state index in [1.165, 1.54) is 22.7 Å². The zero-order valence-electron chi connectivity index (χ0n) is 21.6. The van der Waals surface area contributed by atoms with Crippen molar-refractivity contribution in [1.29, 1.82) is 0 Å². The molecule has 2 aromatic carbocycles. The molecule has 3 heterocycles. The minimum Gasteiger partial charge on any atom is -0.478 e. The number of fused-ring (bicyclic) bond motifs is 1. The molecule has 2 fully saturated rings. The summed E-state index contributed by atoms with van der Waals surface area (Å²) in [4.78, 5) is 48.3. The molecular formula is C28H35N5O5. The summed E-state index contributed by atoms with van der Waals surface area (Å²) < 4.78 is 5.41. The first-order valence-electron chi connectivity index (χ1n) is 13.3. The Balaban J connectivity index is 1.26. The minimum absolute atomic E-state index is 0.0869. The Morgan fingerprint density at radius 3 is 2.29 bits per heavy atom. The van der Waals surface area contributed by atoms with Gasteiger partial charge in [0.1, 0.15) is 6.54 Å². The number of carboxylic acid groups (broad SMARTS) is 1. The second-order valence-corrected chi connectivity index (χ2v) is 9.94. The molecule has 2 aromatic rings. The molecule has 0 aliphatic carbocycles. The molecule has 3 aliphatic heterocycles. The van der Waals surface area contributed by atoms with E-state index in [2.05, 4.69) is 26.8 Å². The van der Waals surface area contributed by atoms with Gasteiger partial charge in [-0.2, -0.15) is 0 Å². The Kier molecular flexibility index (Phi) is 8.21. The van der Waals surface area contributed by atoms with Crippen LogP contribution in [0.4, 0.5) is 17.1 Å². The van der Waals surface area contributed by atoms with E-state index >= 15 is 0 Å². The fourth-order valence-electron chi connectivity index (χ4n) is 5.37. The number of morpholine rings is 1. The standard InChI is InChI=1S/C28H35N5O5/c34-26(20-30-11-13-31(14-12-30)23-5-2-1-3-6-23)33-21-27(35)32(10-4-9-29-15-17-38-18-16-29)24-8-7-22(28(36)37)19-25(24)33/h1-3,5-8,19H,4,9-18,20-21H2,(H,36,37). The van der Waals surface area contributed by atoms with Crippen molar-refractivity contribution in [3.8, 4) is 0 Å². The lowest BCUT2D eigenvalue weighted by Crippen LogP contribution is -2.53. The molecule has 10 nitrogen and oxygen atoms in total. The summed E-state index contributed by atoms with van der Waals surface area (Å²) in [5.41, 5.74) is 2.35.